The minimum Gasteiger partial charge on any atom is -0.493 e. The lowest BCUT2D eigenvalue weighted by molar-refractivity contribution is -0.122. The SMILES string of the molecule is COc1ccc(C(O)CNC(=O)CC(C)C)cc1OC. The maximum absolute atomic E-state index is 11.5. The number of methoxy groups -OCH3 is 2. The number of nitrogens with one attached hydrogen (secondary N) is 1. The lowest BCUT2D eigenvalue weighted by Crippen LogP contribution is -2.29. The fourth-order valence-electron chi connectivity index (χ4n) is 1.83. The van der Waals surface area contributed by atoms with E-state index in [1.54, 1.807) is 32.4 Å². The highest BCUT2D eigenvalue weighted by Gasteiger charge is 2.13. The first-order valence-electron chi connectivity index (χ1n) is 6.64. The zero-order chi connectivity index (χ0) is 15.1. The summed E-state index contributed by atoms with van der Waals surface area (Å²) >= 11 is 0. The van der Waals surface area contributed by atoms with Gasteiger partial charge in [0.25, 0.3) is 0 Å². The monoisotopic (exact) mass is 281 g/mol. The quantitative estimate of drug-likeness (QED) is 0.801. The minimum atomic E-state index is -0.772. The van der Waals surface area contributed by atoms with Gasteiger partial charge in [-0.25, -0.2) is 0 Å². The zero-order valence-electron chi connectivity index (χ0n) is 12.5. The van der Waals surface area contributed by atoms with E-state index in [4.69, 9.17) is 9.47 Å². The average Bonchev–Trinajstić information content (AvgIpc) is 2.43. The van der Waals surface area contributed by atoms with Gasteiger partial charge in [-0.15, -0.1) is 0 Å². The van der Waals surface area contributed by atoms with Crippen molar-refractivity contribution in [3.05, 3.63) is 23.8 Å². The van der Waals surface area contributed by atoms with Crippen molar-refractivity contribution < 1.29 is 19.4 Å². The molecule has 1 amide bonds. The molecular formula is C15H23NO4. The predicted molar refractivity (Wildman–Crippen MR) is 77.0 cm³/mol. The third kappa shape index (κ3) is 4.74. The fraction of sp³-hybridized carbons (Fsp3) is 0.533. The second-order valence-corrected chi connectivity index (χ2v) is 5.03. The molecule has 1 aromatic rings. The fourth-order valence-corrected chi connectivity index (χ4v) is 1.83. The molecule has 0 radical (unpaired) electrons. The van der Waals surface area contributed by atoms with Gasteiger partial charge in [-0.1, -0.05) is 19.9 Å². The van der Waals surface area contributed by atoms with E-state index in [9.17, 15) is 9.90 Å². The van der Waals surface area contributed by atoms with Crippen LogP contribution in [-0.4, -0.2) is 31.8 Å². The maximum atomic E-state index is 11.5. The van der Waals surface area contributed by atoms with Gasteiger partial charge < -0.3 is 19.9 Å². The van der Waals surface area contributed by atoms with E-state index >= 15 is 0 Å². The number of ether oxygens (including phenoxy) is 2. The van der Waals surface area contributed by atoms with Crippen LogP contribution in [0.5, 0.6) is 11.5 Å². The van der Waals surface area contributed by atoms with Gasteiger partial charge in [-0.05, 0) is 23.6 Å². The Morgan fingerprint density at radius 2 is 1.90 bits per heavy atom. The lowest BCUT2D eigenvalue weighted by atomic mass is 10.1. The Morgan fingerprint density at radius 1 is 1.25 bits per heavy atom. The molecule has 20 heavy (non-hydrogen) atoms. The highest BCUT2D eigenvalue weighted by Crippen LogP contribution is 2.29. The molecule has 0 fully saturated rings. The van der Waals surface area contributed by atoms with E-state index < -0.39 is 6.10 Å². The Bertz CT molecular complexity index is 445. The molecule has 2 N–H and O–H groups in total. The second-order valence-electron chi connectivity index (χ2n) is 5.03. The van der Waals surface area contributed by atoms with Crippen LogP contribution in [0.4, 0.5) is 0 Å². The maximum Gasteiger partial charge on any atom is 0.220 e. The zero-order valence-corrected chi connectivity index (χ0v) is 12.5. The van der Waals surface area contributed by atoms with Crippen molar-refractivity contribution in [2.45, 2.75) is 26.4 Å². The summed E-state index contributed by atoms with van der Waals surface area (Å²) in [4.78, 5) is 11.5. The van der Waals surface area contributed by atoms with Gasteiger partial charge in [0.15, 0.2) is 11.5 Å². The van der Waals surface area contributed by atoms with E-state index in [1.165, 1.54) is 0 Å². The van der Waals surface area contributed by atoms with Crippen molar-refractivity contribution in [3.8, 4) is 11.5 Å². The molecular weight excluding hydrogens is 258 g/mol. The van der Waals surface area contributed by atoms with Gasteiger partial charge in [-0.2, -0.15) is 0 Å². The van der Waals surface area contributed by atoms with Crippen LogP contribution in [0.1, 0.15) is 31.9 Å². The third-order valence-corrected chi connectivity index (χ3v) is 2.88. The number of benzene rings is 1. The molecule has 112 valence electrons. The number of carbonyl (C=O) groups is 1. The Labute approximate surface area is 119 Å². The van der Waals surface area contributed by atoms with Crippen molar-refractivity contribution in [3.63, 3.8) is 0 Å². The molecule has 1 atom stereocenters. The molecule has 0 spiro atoms. The Kier molecular flexibility index (Phi) is 6.31. The van der Waals surface area contributed by atoms with Crippen LogP contribution in [0, 0.1) is 5.92 Å². The number of hydrogen-bond acceptors (Lipinski definition) is 4. The summed E-state index contributed by atoms with van der Waals surface area (Å²) in [5.41, 5.74) is 0.674. The molecule has 0 aliphatic heterocycles. The van der Waals surface area contributed by atoms with Crippen LogP contribution in [-0.2, 0) is 4.79 Å². The van der Waals surface area contributed by atoms with Gasteiger partial charge in [0.1, 0.15) is 0 Å². The summed E-state index contributed by atoms with van der Waals surface area (Å²) in [6, 6.07) is 5.19. The summed E-state index contributed by atoms with van der Waals surface area (Å²) < 4.78 is 10.3. The summed E-state index contributed by atoms with van der Waals surface area (Å²) in [5, 5.41) is 12.8. The van der Waals surface area contributed by atoms with Crippen LogP contribution in [0.2, 0.25) is 0 Å². The van der Waals surface area contributed by atoms with Crippen LogP contribution >= 0.6 is 0 Å². The number of aliphatic hydroxyl groups is 1. The van der Waals surface area contributed by atoms with Gasteiger partial charge >= 0.3 is 0 Å². The Morgan fingerprint density at radius 3 is 2.45 bits per heavy atom. The number of amides is 1. The van der Waals surface area contributed by atoms with Gasteiger partial charge in [0, 0.05) is 13.0 Å². The van der Waals surface area contributed by atoms with Crippen LogP contribution in [0.15, 0.2) is 18.2 Å². The van der Waals surface area contributed by atoms with Gasteiger partial charge in [0.2, 0.25) is 5.91 Å². The minimum absolute atomic E-state index is 0.0560. The molecule has 0 bridgehead atoms. The van der Waals surface area contributed by atoms with Crippen molar-refractivity contribution in [1.82, 2.24) is 5.32 Å². The van der Waals surface area contributed by atoms with Crippen LogP contribution in [0.25, 0.3) is 0 Å². The van der Waals surface area contributed by atoms with Gasteiger partial charge in [0.05, 0.1) is 20.3 Å². The van der Waals surface area contributed by atoms with E-state index in [-0.39, 0.29) is 12.5 Å². The highest BCUT2D eigenvalue weighted by molar-refractivity contribution is 5.76. The van der Waals surface area contributed by atoms with E-state index in [2.05, 4.69) is 5.32 Å². The first kappa shape index (κ1) is 16.3. The third-order valence-electron chi connectivity index (χ3n) is 2.88. The summed E-state index contributed by atoms with van der Waals surface area (Å²) in [6.45, 7) is 4.13. The normalized spacial score (nSPS) is 12.1. The molecule has 0 aliphatic rings. The van der Waals surface area contributed by atoms with E-state index in [0.717, 1.165) is 0 Å². The highest BCUT2D eigenvalue weighted by atomic mass is 16.5. The molecule has 1 unspecified atom stereocenters. The van der Waals surface area contributed by atoms with Crippen LogP contribution < -0.4 is 14.8 Å². The average molecular weight is 281 g/mol. The standard InChI is InChI=1S/C15H23NO4/c1-10(2)7-15(18)16-9-12(17)11-5-6-13(19-3)14(8-11)20-4/h5-6,8,10,12,17H,7,9H2,1-4H3,(H,16,18). The Hall–Kier alpha value is -1.75. The first-order chi connectivity index (χ1) is 9.47. The van der Waals surface area contributed by atoms with E-state index in [1.807, 2.05) is 13.8 Å². The second kappa shape index (κ2) is 7.75. The molecule has 1 aromatic carbocycles. The van der Waals surface area contributed by atoms with Crippen molar-refractivity contribution in [1.29, 1.82) is 0 Å². The van der Waals surface area contributed by atoms with Gasteiger partial charge in [-0.3, -0.25) is 4.79 Å². The molecule has 0 saturated heterocycles. The molecule has 0 saturated carbocycles. The smallest absolute Gasteiger partial charge is 0.220 e. The number of carbonyl (C=O) groups excluding carboxylic acids is 1. The summed E-state index contributed by atoms with van der Waals surface area (Å²) in [6.07, 6.45) is -0.315. The van der Waals surface area contributed by atoms with E-state index in [0.29, 0.717) is 29.4 Å². The number of hydrogen-bond donors (Lipinski definition) is 2. The molecule has 5 heteroatoms. The molecule has 0 aliphatic carbocycles. The lowest BCUT2D eigenvalue weighted by Gasteiger charge is -2.15. The van der Waals surface area contributed by atoms with Crippen molar-refractivity contribution in [2.24, 2.45) is 5.92 Å². The predicted octanol–water partition coefficient (Wildman–Crippen LogP) is 1.90. The Balaban J connectivity index is 2.63. The first-order valence-corrected chi connectivity index (χ1v) is 6.64. The summed E-state index contributed by atoms with van der Waals surface area (Å²) in [7, 11) is 3.10. The van der Waals surface area contributed by atoms with Crippen molar-refractivity contribution in [2.75, 3.05) is 20.8 Å². The molecule has 0 aromatic heterocycles. The largest absolute Gasteiger partial charge is 0.493 e. The number of aliphatic hydroxyl groups excluding tert-OH is 1. The molecule has 0 heterocycles. The molecule has 1 rings (SSSR count). The number of rotatable bonds is 7. The molecule has 5 nitrogen and oxygen atoms in total. The van der Waals surface area contributed by atoms with Crippen molar-refractivity contribution >= 4 is 5.91 Å². The topological polar surface area (TPSA) is 67.8 Å². The van der Waals surface area contributed by atoms with Crippen LogP contribution in [0.3, 0.4) is 0 Å². The summed E-state index contributed by atoms with van der Waals surface area (Å²) in [5.74, 6) is 1.40.